The fourth-order valence-corrected chi connectivity index (χ4v) is 5.31. The molecule has 0 aromatic heterocycles. The van der Waals surface area contributed by atoms with Crippen LogP contribution in [0.2, 0.25) is 0 Å². The summed E-state index contributed by atoms with van der Waals surface area (Å²) >= 11 is 0. The molecule has 2 aliphatic heterocycles. The van der Waals surface area contributed by atoms with Gasteiger partial charge < -0.3 is 25.8 Å². The van der Waals surface area contributed by atoms with Crippen molar-refractivity contribution in [2.75, 3.05) is 19.6 Å². The number of benzene rings is 2. The zero-order valence-electron chi connectivity index (χ0n) is 23.3. The van der Waals surface area contributed by atoms with Gasteiger partial charge in [-0.15, -0.1) is 11.6 Å². The SMILES string of the molecule is CC(C)[CH-]C(=O)N1CCC2(CC1)C(=O)N(C(C)C)CC2c1ccc(F)cc1.O=[C-]c1cc(C(F)(F)F)ccc1F.[Nb+2]. The zero-order valence-corrected chi connectivity index (χ0v) is 25.5. The van der Waals surface area contributed by atoms with Crippen LogP contribution in [0.4, 0.5) is 22.0 Å². The second kappa shape index (κ2) is 14.0. The molecule has 2 heterocycles. The van der Waals surface area contributed by atoms with Gasteiger partial charge in [-0.25, -0.2) is 4.39 Å². The monoisotopic (exact) mass is 657 g/mol. The summed E-state index contributed by atoms with van der Waals surface area (Å²) in [6.45, 7) is 9.91. The van der Waals surface area contributed by atoms with Crippen molar-refractivity contribution in [3.8, 4) is 0 Å². The molecule has 1 atom stereocenters. The summed E-state index contributed by atoms with van der Waals surface area (Å²) in [4.78, 5) is 39.5. The van der Waals surface area contributed by atoms with Crippen LogP contribution in [-0.2, 0) is 42.9 Å². The average Bonchev–Trinajstić information content (AvgIpc) is 3.16. The van der Waals surface area contributed by atoms with Gasteiger partial charge in [-0.05, 0) is 49.9 Å². The molecule has 1 radical (unpaired) electrons. The third-order valence-corrected chi connectivity index (χ3v) is 7.48. The third-order valence-electron chi connectivity index (χ3n) is 7.48. The summed E-state index contributed by atoms with van der Waals surface area (Å²) in [5, 5.41) is 0. The Balaban J connectivity index is 0.000000355. The smallest absolute Gasteiger partial charge is 0.376 e. The van der Waals surface area contributed by atoms with Gasteiger partial charge in [0.1, 0.15) is 5.82 Å². The first-order chi connectivity index (χ1) is 18.7. The van der Waals surface area contributed by atoms with Crippen LogP contribution in [0, 0.1) is 29.4 Å². The Morgan fingerprint density at radius 1 is 1.02 bits per heavy atom. The Morgan fingerprint density at radius 2 is 1.61 bits per heavy atom. The number of hydrogen-bond acceptors (Lipinski definition) is 3. The molecule has 41 heavy (non-hydrogen) atoms. The van der Waals surface area contributed by atoms with Crippen LogP contribution >= 0.6 is 0 Å². The number of piperidine rings is 1. The van der Waals surface area contributed by atoms with Gasteiger partial charge in [-0.2, -0.15) is 19.1 Å². The Kier molecular flexibility index (Phi) is 11.8. The van der Waals surface area contributed by atoms with Crippen molar-refractivity contribution in [1.82, 2.24) is 9.80 Å². The third kappa shape index (κ3) is 7.99. The Hall–Kier alpha value is -2.69. The summed E-state index contributed by atoms with van der Waals surface area (Å²) in [6.07, 6.45) is -0.422. The normalized spacial score (nSPS) is 18.2. The predicted octanol–water partition coefficient (Wildman–Crippen LogP) is 5.93. The molecule has 0 saturated carbocycles. The van der Waals surface area contributed by atoms with E-state index in [1.165, 1.54) is 12.1 Å². The molecule has 0 bridgehead atoms. The van der Waals surface area contributed by atoms with Gasteiger partial charge in [0.05, 0.1) is 17.6 Å². The number of rotatable bonds is 5. The molecule has 2 aromatic carbocycles. The number of hydrogen-bond donors (Lipinski definition) is 0. The summed E-state index contributed by atoms with van der Waals surface area (Å²) in [7, 11) is 0. The topological polar surface area (TPSA) is 57.7 Å². The van der Waals surface area contributed by atoms with E-state index in [1.807, 2.05) is 49.6 Å². The molecule has 5 nitrogen and oxygen atoms in total. The van der Waals surface area contributed by atoms with Crippen molar-refractivity contribution in [2.45, 2.75) is 58.7 Å². The van der Waals surface area contributed by atoms with Gasteiger partial charge in [0, 0.05) is 37.4 Å². The number of halogens is 5. The zero-order chi connectivity index (χ0) is 29.8. The molecule has 1 unspecified atom stereocenters. The van der Waals surface area contributed by atoms with Crippen LogP contribution in [0.1, 0.15) is 63.1 Å². The Bertz CT molecular complexity index is 1210. The Morgan fingerprint density at radius 3 is 2.10 bits per heavy atom. The fraction of sp³-hybridized carbons (Fsp3) is 0.467. The van der Waals surface area contributed by atoms with Crippen molar-refractivity contribution >= 4 is 18.1 Å². The van der Waals surface area contributed by atoms with Crippen LogP contribution < -0.4 is 0 Å². The first-order valence-electron chi connectivity index (χ1n) is 13.1. The second-order valence-corrected chi connectivity index (χ2v) is 10.8. The van der Waals surface area contributed by atoms with Crippen molar-refractivity contribution in [2.24, 2.45) is 11.3 Å². The van der Waals surface area contributed by atoms with E-state index in [0.717, 1.165) is 11.8 Å². The van der Waals surface area contributed by atoms with Crippen molar-refractivity contribution in [3.05, 3.63) is 77.2 Å². The molecule has 221 valence electrons. The largest absolute Gasteiger partial charge is 2.00 e. The molecule has 2 amide bonds. The van der Waals surface area contributed by atoms with Crippen LogP contribution in [0.25, 0.3) is 0 Å². The van der Waals surface area contributed by atoms with Gasteiger partial charge >= 0.3 is 28.6 Å². The van der Waals surface area contributed by atoms with Crippen LogP contribution in [-0.4, -0.2) is 53.6 Å². The Labute approximate surface area is 253 Å². The van der Waals surface area contributed by atoms with Crippen LogP contribution in [0.15, 0.2) is 42.5 Å². The number of likely N-dealkylation sites (tertiary alicyclic amines) is 2. The maximum atomic E-state index is 13.4. The minimum atomic E-state index is -4.57. The summed E-state index contributed by atoms with van der Waals surface area (Å²) in [6, 6.07) is 8.27. The van der Waals surface area contributed by atoms with E-state index in [2.05, 4.69) is 0 Å². The molecule has 11 heteroatoms. The van der Waals surface area contributed by atoms with Crippen LogP contribution in [0.3, 0.4) is 0 Å². The molecule has 2 aliphatic rings. The summed E-state index contributed by atoms with van der Waals surface area (Å²) in [5.74, 6) is -0.772. The maximum absolute atomic E-state index is 13.4. The van der Waals surface area contributed by atoms with Crippen molar-refractivity contribution < 1.29 is 58.7 Å². The second-order valence-electron chi connectivity index (χ2n) is 10.8. The minimum Gasteiger partial charge on any atom is -0.376 e. The molecule has 0 aliphatic carbocycles. The average molecular weight is 658 g/mol. The van der Waals surface area contributed by atoms with Crippen LogP contribution in [0.5, 0.6) is 0 Å². The van der Waals surface area contributed by atoms with E-state index in [0.29, 0.717) is 50.7 Å². The molecule has 2 fully saturated rings. The standard InChI is InChI=1S/C22H30FN2O2.C8H3F4O.Nb/c1-15(2)13-20(26)24-11-9-22(10-12-24)19(14-25(16(3)4)21(22)27)17-5-7-18(23)8-6-17;9-7-2-1-6(8(10,11)12)3-5(7)4-13;/h5-8,13,15-16,19H,9-12,14H2,1-4H3;1-3H;/q2*-1;+2. The van der Waals surface area contributed by atoms with Gasteiger partial charge in [-0.3, -0.25) is 9.18 Å². The van der Waals surface area contributed by atoms with E-state index in [9.17, 15) is 36.3 Å². The number of carbonyl (C=O) groups excluding carboxylic acids is 3. The number of amides is 2. The van der Waals surface area contributed by atoms with Gasteiger partial charge in [0.15, 0.2) is 0 Å². The first kappa shape index (κ1) is 34.5. The molecule has 2 aromatic rings. The molecule has 0 N–H and O–H groups in total. The van der Waals surface area contributed by atoms with E-state index in [1.54, 1.807) is 6.42 Å². The van der Waals surface area contributed by atoms with E-state index < -0.39 is 28.5 Å². The number of carbonyl (C=O) groups is 2. The van der Waals surface area contributed by atoms with Crippen molar-refractivity contribution in [1.29, 1.82) is 0 Å². The first-order valence-corrected chi connectivity index (χ1v) is 13.1. The molecule has 2 saturated heterocycles. The van der Waals surface area contributed by atoms with Gasteiger partial charge in [0.25, 0.3) is 0 Å². The van der Waals surface area contributed by atoms with Gasteiger partial charge in [0.2, 0.25) is 5.91 Å². The molecule has 4 rings (SSSR count). The number of nitrogens with zero attached hydrogens (tertiary/aromatic N) is 2. The van der Waals surface area contributed by atoms with E-state index in [4.69, 9.17) is 0 Å². The minimum absolute atomic E-state index is 0. The van der Waals surface area contributed by atoms with E-state index >= 15 is 0 Å². The summed E-state index contributed by atoms with van der Waals surface area (Å²) < 4.78 is 61.9. The number of alkyl halides is 3. The molecular formula is C30H33F5N2NbO3. The fourth-order valence-electron chi connectivity index (χ4n) is 5.31. The van der Waals surface area contributed by atoms with E-state index in [-0.39, 0.29) is 57.9 Å². The van der Waals surface area contributed by atoms with Gasteiger partial charge in [-0.1, -0.05) is 38.1 Å². The quantitative estimate of drug-likeness (QED) is 0.228. The molecule has 1 spiro atoms. The predicted molar refractivity (Wildman–Crippen MR) is 140 cm³/mol. The van der Waals surface area contributed by atoms with Crippen molar-refractivity contribution in [3.63, 3.8) is 0 Å². The molecular weight excluding hydrogens is 624 g/mol. The maximum Gasteiger partial charge on any atom is 2.00 e. The summed E-state index contributed by atoms with van der Waals surface area (Å²) in [5.41, 5.74) is -1.25.